The molecule has 0 saturated carbocycles. The Bertz CT molecular complexity index is 684. The zero-order valence-corrected chi connectivity index (χ0v) is 9.93. The van der Waals surface area contributed by atoms with Crippen LogP contribution in [0.3, 0.4) is 0 Å². The fourth-order valence-corrected chi connectivity index (χ4v) is 1.98. The molecule has 0 amide bonds. The fraction of sp³-hybridized carbons (Fsp3) is 0.231. The first-order valence-corrected chi connectivity index (χ1v) is 5.41. The van der Waals surface area contributed by atoms with Crippen molar-refractivity contribution in [3.8, 4) is 5.75 Å². The van der Waals surface area contributed by atoms with Gasteiger partial charge in [0, 0.05) is 11.5 Å². The summed E-state index contributed by atoms with van der Waals surface area (Å²) in [6, 6.07) is 4.39. The van der Waals surface area contributed by atoms with Crippen molar-refractivity contribution in [3.05, 3.63) is 39.7 Å². The van der Waals surface area contributed by atoms with Gasteiger partial charge in [-0.15, -0.1) is 0 Å². The summed E-state index contributed by atoms with van der Waals surface area (Å²) in [6.07, 6.45) is 0. The Balaban J connectivity index is 2.81. The van der Waals surface area contributed by atoms with E-state index in [4.69, 9.17) is 9.52 Å². The molecule has 1 aromatic carbocycles. The number of phenolic OH excluding ortho intramolecular Hbond substituents is 1. The maximum absolute atomic E-state index is 11.8. The lowest BCUT2D eigenvalue weighted by molar-refractivity contribution is -0.138. The Morgan fingerprint density at radius 1 is 1.39 bits per heavy atom. The number of hydrogen-bond donors (Lipinski definition) is 2. The normalized spacial score (nSPS) is 12.6. The lowest BCUT2D eigenvalue weighted by Gasteiger charge is -2.10. The number of fused-ring (bicyclic) bond motifs is 1. The van der Waals surface area contributed by atoms with Crippen molar-refractivity contribution < 1.29 is 19.4 Å². The molecular formula is C13H12O5. The van der Waals surface area contributed by atoms with Crippen LogP contribution in [0.2, 0.25) is 0 Å². The van der Waals surface area contributed by atoms with E-state index in [2.05, 4.69) is 0 Å². The van der Waals surface area contributed by atoms with E-state index in [1.165, 1.54) is 19.1 Å². The van der Waals surface area contributed by atoms with Crippen molar-refractivity contribution in [2.75, 3.05) is 0 Å². The van der Waals surface area contributed by atoms with Crippen LogP contribution in [0.25, 0.3) is 11.0 Å². The first-order chi connectivity index (χ1) is 8.41. The molecule has 1 atom stereocenters. The lowest BCUT2D eigenvalue weighted by atomic mass is 9.96. The number of aromatic hydroxyl groups is 1. The van der Waals surface area contributed by atoms with Crippen molar-refractivity contribution in [3.63, 3.8) is 0 Å². The second kappa shape index (κ2) is 4.18. The van der Waals surface area contributed by atoms with Gasteiger partial charge in [0.15, 0.2) is 0 Å². The van der Waals surface area contributed by atoms with Gasteiger partial charge in [0.05, 0.1) is 11.5 Å². The number of carboxylic acid groups (broad SMARTS) is 1. The average molecular weight is 248 g/mol. The van der Waals surface area contributed by atoms with E-state index in [1.54, 1.807) is 13.0 Å². The minimum atomic E-state index is -1.08. The number of phenols is 1. The second-order valence-corrected chi connectivity index (χ2v) is 4.17. The van der Waals surface area contributed by atoms with Gasteiger partial charge in [-0.1, -0.05) is 0 Å². The number of benzene rings is 1. The Morgan fingerprint density at radius 3 is 2.67 bits per heavy atom. The van der Waals surface area contributed by atoms with Gasteiger partial charge in [0.1, 0.15) is 11.3 Å². The molecule has 0 fully saturated rings. The molecule has 0 aliphatic rings. The summed E-state index contributed by atoms with van der Waals surface area (Å²) in [5, 5.41) is 18.9. The molecule has 94 valence electrons. The average Bonchev–Trinajstić information content (AvgIpc) is 2.27. The molecule has 0 saturated heterocycles. The van der Waals surface area contributed by atoms with Gasteiger partial charge in [-0.05, 0) is 31.5 Å². The van der Waals surface area contributed by atoms with E-state index in [9.17, 15) is 14.7 Å². The zero-order valence-electron chi connectivity index (χ0n) is 9.93. The van der Waals surface area contributed by atoms with Crippen molar-refractivity contribution in [2.45, 2.75) is 19.8 Å². The number of aryl methyl sites for hydroxylation is 1. The summed E-state index contributed by atoms with van der Waals surface area (Å²) in [4.78, 5) is 22.8. The Kier molecular flexibility index (Phi) is 2.82. The van der Waals surface area contributed by atoms with Crippen molar-refractivity contribution in [2.24, 2.45) is 0 Å². The van der Waals surface area contributed by atoms with Crippen molar-refractivity contribution in [1.82, 2.24) is 0 Å². The third-order valence-corrected chi connectivity index (χ3v) is 3.00. The summed E-state index contributed by atoms with van der Waals surface area (Å²) in [5.74, 6) is -2.02. The molecule has 1 heterocycles. The quantitative estimate of drug-likeness (QED) is 0.793. The van der Waals surface area contributed by atoms with Gasteiger partial charge < -0.3 is 14.6 Å². The van der Waals surface area contributed by atoms with Crippen LogP contribution in [-0.4, -0.2) is 16.2 Å². The molecule has 2 aromatic rings. The Hall–Kier alpha value is -2.30. The number of rotatable bonds is 2. The van der Waals surface area contributed by atoms with E-state index in [0.29, 0.717) is 10.9 Å². The molecule has 5 nitrogen and oxygen atoms in total. The number of carboxylic acids is 1. The first kappa shape index (κ1) is 12.2. The highest BCUT2D eigenvalue weighted by Gasteiger charge is 2.22. The predicted octanol–water partition coefficient (Wildman–Crippen LogP) is 2.00. The molecule has 2 rings (SSSR count). The van der Waals surface area contributed by atoms with Crippen LogP contribution in [0.1, 0.15) is 24.0 Å². The minimum absolute atomic E-state index is 0.0101. The monoisotopic (exact) mass is 248 g/mol. The SMILES string of the molecule is Cc1c(C(C)C(=O)O)c(=O)oc2cc(O)ccc12. The van der Waals surface area contributed by atoms with Gasteiger partial charge in [-0.3, -0.25) is 4.79 Å². The van der Waals surface area contributed by atoms with Gasteiger partial charge >= 0.3 is 11.6 Å². The molecule has 0 aliphatic carbocycles. The maximum Gasteiger partial charge on any atom is 0.340 e. The minimum Gasteiger partial charge on any atom is -0.508 e. The van der Waals surface area contributed by atoms with Crippen LogP contribution < -0.4 is 5.63 Å². The van der Waals surface area contributed by atoms with Crippen LogP contribution in [0, 0.1) is 6.92 Å². The summed E-state index contributed by atoms with van der Waals surface area (Å²) < 4.78 is 5.05. The van der Waals surface area contributed by atoms with E-state index in [1.807, 2.05) is 0 Å². The number of aliphatic carboxylic acids is 1. The van der Waals surface area contributed by atoms with Crippen molar-refractivity contribution in [1.29, 1.82) is 0 Å². The largest absolute Gasteiger partial charge is 0.508 e. The van der Waals surface area contributed by atoms with Crippen LogP contribution >= 0.6 is 0 Å². The molecule has 1 aromatic heterocycles. The Morgan fingerprint density at radius 2 is 2.06 bits per heavy atom. The molecule has 2 N–H and O–H groups in total. The van der Waals surface area contributed by atoms with Crippen LogP contribution in [-0.2, 0) is 4.79 Å². The molecule has 0 radical (unpaired) electrons. The highest BCUT2D eigenvalue weighted by atomic mass is 16.4. The summed E-state index contributed by atoms with van der Waals surface area (Å²) in [7, 11) is 0. The van der Waals surface area contributed by atoms with Crippen molar-refractivity contribution >= 4 is 16.9 Å². The van der Waals surface area contributed by atoms with Crippen LogP contribution in [0.15, 0.2) is 27.4 Å². The highest BCUT2D eigenvalue weighted by molar-refractivity contribution is 5.85. The third-order valence-electron chi connectivity index (χ3n) is 3.00. The van der Waals surface area contributed by atoms with Gasteiger partial charge in [-0.25, -0.2) is 4.79 Å². The van der Waals surface area contributed by atoms with E-state index >= 15 is 0 Å². The first-order valence-electron chi connectivity index (χ1n) is 5.41. The number of hydrogen-bond acceptors (Lipinski definition) is 4. The van der Waals surface area contributed by atoms with E-state index in [0.717, 1.165) is 0 Å². The molecule has 0 spiro atoms. The topological polar surface area (TPSA) is 87.7 Å². The molecule has 18 heavy (non-hydrogen) atoms. The summed E-state index contributed by atoms with van der Waals surface area (Å²) >= 11 is 0. The predicted molar refractivity (Wildman–Crippen MR) is 64.9 cm³/mol. The van der Waals surface area contributed by atoms with Gasteiger partial charge in [0.25, 0.3) is 0 Å². The smallest absolute Gasteiger partial charge is 0.340 e. The van der Waals surface area contributed by atoms with Crippen LogP contribution in [0.5, 0.6) is 5.75 Å². The fourth-order valence-electron chi connectivity index (χ4n) is 1.98. The summed E-state index contributed by atoms with van der Waals surface area (Å²) in [6.45, 7) is 3.11. The van der Waals surface area contributed by atoms with E-state index < -0.39 is 17.5 Å². The molecule has 5 heteroatoms. The summed E-state index contributed by atoms with van der Waals surface area (Å²) in [5.41, 5.74) is 0.274. The number of carbonyl (C=O) groups is 1. The molecule has 0 aliphatic heterocycles. The standard InChI is InChI=1S/C13H12O5/c1-6-9-4-3-8(14)5-10(9)18-13(17)11(6)7(2)12(15)16/h3-5,7,14H,1-2H3,(H,15,16). The maximum atomic E-state index is 11.8. The van der Waals surface area contributed by atoms with E-state index in [-0.39, 0.29) is 16.9 Å². The zero-order chi connectivity index (χ0) is 13.4. The molecule has 1 unspecified atom stereocenters. The van der Waals surface area contributed by atoms with Gasteiger partial charge in [0.2, 0.25) is 0 Å². The molecular weight excluding hydrogens is 236 g/mol. The highest BCUT2D eigenvalue weighted by Crippen LogP contribution is 2.26. The third kappa shape index (κ3) is 1.84. The second-order valence-electron chi connectivity index (χ2n) is 4.17. The Labute approximate surface area is 102 Å². The molecule has 0 bridgehead atoms. The van der Waals surface area contributed by atoms with Gasteiger partial charge in [-0.2, -0.15) is 0 Å². The lowest BCUT2D eigenvalue weighted by Crippen LogP contribution is -2.19. The van der Waals surface area contributed by atoms with Crippen LogP contribution in [0.4, 0.5) is 0 Å².